The van der Waals surface area contributed by atoms with Gasteiger partial charge in [-0.1, -0.05) is 111 Å². The van der Waals surface area contributed by atoms with Gasteiger partial charge in [0.1, 0.15) is 36.6 Å². The average Bonchev–Trinajstić information content (AvgIpc) is 3.35. The fourth-order valence-corrected chi connectivity index (χ4v) is 8.08. The number of nitrogens with one attached hydrogen (secondary N) is 3. The molecule has 0 aromatic carbocycles. The van der Waals surface area contributed by atoms with Gasteiger partial charge in [0.05, 0.1) is 33.0 Å². The van der Waals surface area contributed by atoms with Crippen molar-refractivity contribution in [2.75, 3.05) is 72.5 Å². The van der Waals surface area contributed by atoms with E-state index in [4.69, 9.17) is 35.5 Å². The molecule has 0 aromatic rings. The fraction of sp³-hybridized carbons (Fsp3) is 0.836. The lowest BCUT2D eigenvalue weighted by molar-refractivity contribution is -0.142. The molecule has 0 spiro atoms. The molecule has 75 heavy (non-hydrogen) atoms. The monoisotopic (exact) mass is 1070 g/mol. The highest BCUT2D eigenvalue weighted by Crippen LogP contribution is 2.26. The Morgan fingerprint density at radius 2 is 0.987 bits per heavy atom. The third-order valence-electron chi connectivity index (χ3n) is 12.8. The number of carbonyl (C=O) groups is 9. The van der Waals surface area contributed by atoms with E-state index in [0.717, 1.165) is 51.4 Å². The average molecular weight is 1070 g/mol. The summed E-state index contributed by atoms with van der Waals surface area (Å²) < 4.78 is 21.6. The summed E-state index contributed by atoms with van der Waals surface area (Å²) in [4.78, 5) is 109. The first-order chi connectivity index (χ1) is 35.9. The number of aliphatic carboxylic acids is 2. The van der Waals surface area contributed by atoms with Gasteiger partial charge >= 0.3 is 11.9 Å². The van der Waals surface area contributed by atoms with Crippen LogP contribution in [-0.2, 0) is 62.1 Å². The van der Waals surface area contributed by atoms with Gasteiger partial charge in [-0.2, -0.15) is 0 Å². The molecule has 0 aliphatic rings. The summed E-state index contributed by atoms with van der Waals surface area (Å²) >= 11 is 0. The molecule has 0 saturated carbocycles. The highest BCUT2D eigenvalue weighted by atomic mass is 16.5. The second-order valence-electron chi connectivity index (χ2n) is 20.6. The van der Waals surface area contributed by atoms with Gasteiger partial charge in [0, 0.05) is 78.3 Å². The van der Waals surface area contributed by atoms with E-state index < -0.39 is 41.1 Å². The molecule has 0 saturated heterocycles. The summed E-state index contributed by atoms with van der Waals surface area (Å²) in [7, 11) is 0. The molecule has 0 aromatic heterocycles. The van der Waals surface area contributed by atoms with Crippen molar-refractivity contribution in [1.82, 2.24) is 16.0 Å². The van der Waals surface area contributed by atoms with E-state index in [9.17, 15) is 48.3 Å². The van der Waals surface area contributed by atoms with Crippen molar-refractivity contribution in [1.29, 1.82) is 0 Å². The number of carboxylic acids is 2. The molecule has 0 rings (SSSR count). The quantitative estimate of drug-likeness (QED) is 0.0309. The molecule has 0 radical (unpaired) electrons. The topological polar surface area (TPSA) is 319 Å². The Balaban J connectivity index is -0.0000274. The largest absolute Gasteiger partial charge is 0.481 e. The molecule has 0 heterocycles. The van der Waals surface area contributed by atoms with Crippen LogP contribution in [0.3, 0.4) is 0 Å². The van der Waals surface area contributed by atoms with Crippen LogP contribution in [0, 0.1) is 17.3 Å². The minimum atomic E-state index is -1.17. The number of Topliss-reactive ketones (excluding diaryl/α,β-unsaturated/α-hetero) is 3. The lowest BCUT2D eigenvalue weighted by Crippen LogP contribution is -2.41. The van der Waals surface area contributed by atoms with Crippen molar-refractivity contribution in [3.63, 3.8) is 0 Å². The zero-order valence-electron chi connectivity index (χ0n) is 46.2. The first-order valence-electron chi connectivity index (χ1n) is 28.0. The highest BCUT2D eigenvalue weighted by molar-refractivity contribution is 5.92. The number of hydrogen-bond donors (Lipinski definition) is 7. The van der Waals surface area contributed by atoms with E-state index in [1.165, 1.54) is 38.5 Å². The molecule has 1 unspecified atom stereocenters. The predicted molar refractivity (Wildman–Crippen MR) is 290 cm³/mol. The standard InChI is InChI=1S/C55H99N5O15.2H2/c1-55(2,3)48(63)40-43(47(62)39-44(53(57)69)24-18-20-30-56)23-19-21-31-58-50(65)41-75-38-36-73-34-32-59-51(66)42-74-37-35-72-33-22-25-45(61)28-29-46(54(70)71)60-49(64)26-16-14-12-10-8-6-4-5-7-9-11-13-15-17-27-52(67)68;;/h43-44,46H,4-42,56H2,1-3H3,(H2,57,69)(H,58,65)(H,59,66)(H,60,64)(H,67,68)(H,70,71);2*1H/t43-,44-,46?;;/m1../s1. The maximum absolute atomic E-state index is 13.3. The van der Waals surface area contributed by atoms with Crippen LogP contribution in [0.25, 0.3) is 0 Å². The number of rotatable bonds is 54. The molecule has 0 bridgehead atoms. The summed E-state index contributed by atoms with van der Waals surface area (Å²) in [6.45, 7) is 7.49. The molecule has 0 fully saturated rings. The second kappa shape index (κ2) is 46.9. The van der Waals surface area contributed by atoms with Gasteiger partial charge < -0.3 is 56.6 Å². The van der Waals surface area contributed by atoms with Gasteiger partial charge in [-0.05, 0) is 57.9 Å². The van der Waals surface area contributed by atoms with E-state index in [1.807, 2.05) is 20.8 Å². The first kappa shape index (κ1) is 70.6. The molecule has 438 valence electrons. The van der Waals surface area contributed by atoms with Crippen molar-refractivity contribution < 1.29 is 75.2 Å². The maximum atomic E-state index is 13.3. The fourth-order valence-electron chi connectivity index (χ4n) is 8.08. The number of carboxylic acid groups (broad SMARTS) is 2. The summed E-state index contributed by atoms with van der Waals surface area (Å²) in [5, 5.41) is 26.3. The molecule has 0 aliphatic carbocycles. The Morgan fingerprint density at radius 1 is 0.493 bits per heavy atom. The smallest absolute Gasteiger partial charge is 0.326 e. The molecule has 3 atom stereocenters. The Bertz CT molecular complexity index is 1620. The van der Waals surface area contributed by atoms with Crippen molar-refractivity contribution >= 4 is 52.9 Å². The van der Waals surface area contributed by atoms with Gasteiger partial charge in [0.2, 0.25) is 23.6 Å². The summed E-state index contributed by atoms with van der Waals surface area (Å²) in [6, 6.07) is -1.12. The normalized spacial score (nSPS) is 12.6. The third kappa shape index (κ3) is 44.5. The predicted octanol–water partition coefficient (Wildman–Crippen LogP) is 6.78. The number of nitrogens with two attached hydrogens (primary N) is 2. The summed E-state index contributed by atoms with van der Waals surface area (Å²) in [5.41, 5.74) is 10.5. The molecule has 0 aliphatic heterocycles. The number of hydrogen-bond acceptors (Lipinski definition) is 14. The minimum absolute atomic E-state index is 0. The van der Waals surface area contributed by atoms with Gasteiger partial charge in [-0.15, -0.1) is 0 Å². The van der Waals surface area contributed by atoms with Crippen LogP contribution < -0.4 is 27.4 Å². The van der Waals surface area contributed by atoms with Gasteiger partial charge in [0.25, 0.3) is 0 Å². The van der Waals surface area contributed by atoms with E-state index >= 15 is 0 Å². The second-order valence-corrected chi connectivity index (χ2v) is 20.6. The number of amides is 4. The van der Waals surface area contributed by atoms with Gasteiger partial charge in [0.15, 0.2) is 0 Å². The Labute approximate surface area is 450 Å². The zero-order chi connectivity index (χ0) is 56.0. The summed E-state index contributed by atoms with van der Waals surface area (Å²) in [6.07, 6.45) is 19.9. The number of unbranched alkanes of at least 4 members (excludes halogenated alkanes) is 15. The van der Waals surface area contributed by atoms with Crippen LogP contribution in [0.4, 0.5) is 0 Å². The number of carbonyl (C=O) groups excluding carboxylic acids is 7. The molecule has 4 amide bonds. The van der Waals surface area contributed by atoms with E-state index in [0.29, 0.717) is 64.6 Å². The van der Waals surface area contributed by atoms with Gasteiger partial charge in [-0.3, -0.25) is 38.4 Å². The Hall–Kier alpha value is -4.37. The summed E-state index contributed by atoms with van der Waals surface area (Å²) in [5.74, 6) is -4.78. The van der Waals surface area contributed by atoms with Crippen molar-refractivity contribution in [3.8, 4) is 0 Å². The Kier molecular flexibility index (Phi) is 44.2. The maximum Gasteiger partial charge on any atom is 0.326 e. The first-order valence-corrected chi connectivity index (χ1v) is 28.0. The van der Waals surface area contributed by atoms with Crippen molar-refractivity contribution in [3.05, 3.63) is 0 Å². The van der Waals surface area contributed by atoms with Crippen LogP contribution in [0.5, 0.6) is 0 Å². The van der Waals surface area contributed by atoms with E-state index in [-0.39, 0.29) is 136 Å². The van der Waals surface area contributed by atoms with Crippen molar-refractivity contribution in [2.45, 2.75) is 207 Å². The number of ketones is 3. The van der Waals surface area contributed by atoms with Crippen LogP contribution in [0.15, 0.2) is 0 Å². The molecular formula is C55H103N5O15. The van der Waals surface area contributed by atoms with Crippen LogP contribution in [0.2, 0.25) is 0 Å². The minimum Gasteiger partial charge on any atom is -0.481 e. The SMILES string of the molecule is CC(C)(C)C(=O)C[C@@H](CCCCNC(=O)COCCOCCNC(=O)COCCOCCCC(=O)CCC(NC(=O)CCCCCCCCCCCCCCCCC(=O)O)C(=O)O)C(=O)C[C@@H](CCCCN)C(N)=O.[HH].[HH]. The van der Waals surface area contributed by atoms with Crippen LogP contribution in [0.1, 0.15) is 203 Å². The van der Waals surface area contributed by atoms with E-state index in [2.05, 4.69) is 16.0 Å². The molecular weight excluding hydrogens is 971 g/mol. The molecule has 9 N–H and O–H groups in total. The van der Waals surface area contributed by atoms with Crippen LogP contribution in [-0.4, -0.2) is 142 Å². The zero-order valence-corrected chi connectivity index (χ0v) is 46.2. The number of ether oxygens (including phenoxy) is 4. The van der Waals surface area contributed by atoms with Crippen LogP contribution >= 0.6 is 0 Å². The lowest BCUT2D eigenvalue weighted by Gasteiger charge is -2.23. The number of primary amides is 1. The lowest BCUT2D eigenvalue weighted by atomic mass is 9.80. The third-order valence-corrected chi connectivity index (χ3v) is 12.8. The highest BCUT2D eigenvalue weighted by Gasteiger charge is 2.30. The van der Waals surface area contributed by atoms with Gasteiger partial charge in [-0.25, -0.2) is 4.79 Å². The Morgan fingerprint density at radius 3 is 1.51 bits per heavy atom. The molecule has 20 heteroatoms. The van der Waals surface area contributed by atoms with Crippen molar-refractivity contribution in [2.24, 2.45) is 28.7 Å². The molecule has 20 nitrogen and oxygen atoms in total. The van der Waals surface area contributed by atoms with E-state index in [1.54, 1.807) is 0 Å².